The van der Waals surface area contributed by atoms with Gasteiger partial charge < -0.3 is 19.3 Å². The maximum Gasteiger partial charge on any atom is 0.387 e. The molecule has 202 valence electrons. The summed E-state index contributed by atoms with van der Waals surface area (Å²) < 4.78 is 33.6. The van der Waals surface area contributed by atoms with Gasteiger partial charge in [0, 0.05) is 55.4 Å². The van der Waals surface area contributed by atoms with Crippen molar-refractivity contribution < 1.29 is 23.4 Å². The summed E-state index contributed by atoms with van der Waals surface area (Å²) in [6, 6.07) is 11.9. The molecule has 40 heavy (non-hydrogen) atoms. The van der Waals surface area contributed by atoms with Crippen LogP contribution in [0.25, 0.3) is 22.2 Å². The Kier molecular flexibility index (Phi) is 5.10. The number of amides is 1. The van der Waals surface area contributed by atoms with E-state index in [1.165, 1.54) is 6.07 Å². The first kappa shape index (κ1) is 24.6. The number of aliphatic hydroxyl groups is 1. The summed E-state index contributed by atoms with van der Waals surface area (Å²) in [6.07, 6.45) is 4.37. The van der Waals surface area contributed by atoms with E-state index in [9.17, 15) is 23.9 Å². The molecule has 1 unspecified atom stereocenters. The van der Waals surface area contributed by atoms with Gasteiger partial charge in [-0.05, 0) is 36.8 Å². The van der Waals surface area contributed by atoms with E-state index in [0.29, 0.717) is 34.7 Å². The van der Waals surface area contributed by atoms with Crippen LogP contribution in [0.5, 0.6) is 5.75 Å². The fourth-order valence-corrected chi connectivity index (χ4v) is 6.72. The zero-order valence-electron chi connectivity index (χ0n) is 21.7. The number of halogens is 2. The van der Waals surface area contributed by atoms with Gasteiger partial charge in [0.15, 0.2) is 0 Å². The normalized spacial score (nSPS) is 26.7. The molecule has 11 heteroatoms. The van der Waals surface area contributed by atoms with Gasteiger partial charge in [0.2, 0.25) is 0 Å². The maximum absolute atomic E-state index is 13.3. The second kappa shape index (κ2) is 8.29. The molecule has 1 saturated carbocycles. The Bertz CT molecular complexity index is 1740. The van der Waals surface area contributed by atoms with Crippen LogP contribution in [-0.2, 0) is 5.41 Å². The summed E-state index contributed by atoms with van der Waals surface area (Å²) in [5.41, 5.74) is 2.00. The number of nitriles is 1. The lowest BCUT2D eigenvalue weighted by Crippen LogP contribution is -2.52. The smallest absolute Gasteiger partial charge is 0.387 e. The van der Waals surface area contributed by atoms with Crippen molar-refractivity contribution in [2.75, 3.05) is 7.05 Å². The van der Waals surface area contributed by atoms with Crippen molar-refractivity contribution in [3.05, 3.63) is 71.6 Å². The molecule has 2 aromatic carbocycles. The van der Waals surface area contributed by atoms with Crippen molar-refractivity contribution in [2.24, 2.45) is 0 Å². The third kappa shape index (κ3) is 3.45. The molecule has 2 aromatic heterocycles. The fourth-order valence-electron chi connectivity index (χ4n) is 6.72. The number of hydrogen-bond donors (Lipinski definition) is 1. The minimum atomic E-state index is -3.03. The molecule has 4 aromatic rings. The minimum Gasteiger partial charge on any atom is -0.434 e. The Labute approximate surface area is 227 Å². The van der Waals surface area contributed by atoms with Gasteiger partial charge in [0.05, 0.1) is 34.8 Å². The molecule has 1 aliphatic carbocycles. The Morgan fingerprint density at radius 3 is 2.58 bits per heavy atom. The molecule has 2 atom stereocenters. The van der Waals surface area contributed by atoms with Crippen LogP contribution in [0.2, 0.25) is 0 Å². The SMILES string of the molecule is CN1C(=O)c2cccc(OC(F)F)c2[C@@H]2CC1c1nc3ccc(-c4cnc(C5(C#N)CC(C)(O)C5)nc4)cc3n12. The van der Waals surface area contributed by atoms with Crippen molar-refractivity contribution in [1.29, 1.82) is 5.26 Å². The van der Waals surface area contributed by atoms with Crippen molar-refractivity contribution in [2.45, 2.75) is 55.9 Å². The summed E-state index contributed by atoms with van der Waals surface area (Å²) in [4.78, 5) is 28.7. The zero-order valence-corrected chi connectivity index (χ0v) is 21.7. The monoisotopic (exact) mass is 542 g/mol. The number of carbonyl (C=O) groups is 1. The van der Waals surface area contributed by atoms with E-state index >= 15 is 0 Å². The maximum atomic E-state index is 13.3. The molecule has 9 nitrogen and oxygen atoms in total. The fraction of sp³-hybridized carbons (Fsp3) is 0.345. The predicted octanol–water partition coefficient (Wildman–Crippen LogP) is 4.52. The van der Waals surface area contributed by atoms with Crippen molar-refractivity contribution >= 4 is 16.9 Å². The number of rotatable bonds is 4. The summed E-state index contributed by atoms with van der Waals surface area (Å²) >= 11 is 0. The molecule has 0 spiro atoms. The number of alkyl halides is 2. The van der Waals surface area contributed by atoms with E-state index < -0.39 is 23.7 Å². The van der Waals surface area contributed by atoms with Gasteiger partial charge in [-0.15, -0.1) is 0 Å². The molecule has 2 bridgehead atoms. The van der Waals surface area contributed by atoms with Gasteiger partial charge in [-0.3, -0.25) is 4.79 Å². The number of aromatic nitrogens is 4. The molecule has 0 saturated heterocycles. The van der Waals surface area contributed by atoms with E-state index in [1.807, 2.05) is 22.8 Å². The first-order valence-corrected chi connectivity index (χ1v) is 12.9. The quantitative estimate of drug-likeness (QED) is 0.403. The summed E-state index contributed by atoms with van der Waals surface area (Å²) in [5, 5.41) is 19.9. The van der Waals surface area contributed by atoms with E-state index in [1.54, 1.807) is 43.4 Å². The lowest BCUT2D eigenvalue weighted by Gasteiger charge is -2.45. The Morgan fingerprint density at radius 1 is 1.15 bits per heavy atom. The Hall–Kier alpha value is -4.43. The van der Waals surface area contributed by atoms with E-state index in [2.05, 4.69) is 16.0 Å². The minimum absolute atomic E-state index is 0.0175. The second-order valence-electron chi connectivity index (χ2n) is 11.2. The summed E-state index contributed by atoms with van der Waals surface area (Å²) in [6.45, 7) is -1.33. The lowest BCUT2D eigenvalue weighted by molar-refractivity contribution is -0.0583. The first-order chi connectivity index (χ1) is 19.1. The second-order valence-corrected chi connectivity index (χ2v) is 11.2. The summed E-state index contributed by atoms with van der Waals surface area (Å²) in [7, 11) is 1.70. The number of benzene rings is 2. The Balaban J connectivity index is 1.33. The van der Waals surface area contributed by atoms with Crippen molar-refractivity contribution in [3.8, 4) is 22.9 Å². The topological polar surface area (TPSA) is 117 Å². The third-order valence-electron chi connectivity index (χ3n) is 8.40. The lowest BCUT2D eigenvalue weighted by atomic mass is 9.60. The molecule has 1 amide bonds. The van der Waals surface area contributed by atoms with Gasteiger partial charge >= 0.3 is 6.61 Å². The van der Waals surface area contributed by atoms with Crippen molar-refractivity contribution in [1.82, 2.24) is 24.4 Å². The zero-order chi connectivity index (χ0) is 28.0. The number of carbonyl (C=O) groups excluding carboxylic acids is 1. The van der Waals surface area contributed by atoms with Gasteiger partial charge in [-0.25, -0.2) is 15.0 Å². The van der Waals surface area contributed by atoms with Crippen LogP contribution >= 0.6 is 0 Å². The van der Waals surface area contributed by atoms with Gasteiger partial charge in [-0.2, -0.15) is 14.0 Å². The van der Waals surface area contributed by atoms with Crippen LogP contribution in [0.15, 0.2) is 48.8 Å². The van der Waals surface area contributed by atoms with Crippen molar-refractivity contribution in [3.63, 3.8) is 0 Å². The number of hydrogen-bond acceptors (Lipinski definition) is 7. The number of fused-ring (bicyclic) bond motifs is 9. The highest BCUT2D eigenvalue weighted by atomic mass is 19.3. The van der Waals surface area contributed by atoms with Crippen LogP contribution in [0.3, 0.4) is 0 Å². The van der Waals surface area contributed by atoms with Gasteiger partial charge in [0.1, 0.15) is 22.8 Å². The van der Waals surface area contributed by atoms with E-state index in [0.717, 1.165) is 16.6 Å². The molecular weight excluding hydrogens is 518 g/mol. The molecule has 4 heterocycles. The van der Waals surface area contributed by atoms with Gasteiger partial charge in [0.25, 0.3) is 5.91 Å². The van der Waals surface area contributed by atoms with E-state index in [-0.39, 0.29) is 30.5 Å². The highest BCUT2D eigenvalue weighted by Gasteiger charge is 2.54. The molecule has 1 N–H and O–H groups in total. The van der Waals surface area contributed by atoms with Crippen LogP contribution in [0, 0.1) is 11.3 Å². The Morgan fingerprint density at radius 2 is 1.90 bits per heavy atom. The van der Waals surface area contributed by atoms with Crippen LogP contribution < -0.4 is 4.74 Å². The molecule has 0 radical (unpaired) electrons. The number of nitrogens with zero attached hydrogens (tertiary/aromatic N) is 6. The third-order valence-corrected chi connectivity index (χ3v) is 8.40. The van der Waals surface area contributed by atoms with Crippen LogP contribution in [0.4, 0.5) is 8.78 Å². The molecule has 2 aliphatic heterocycles. The average Bonchev–Trinajstić information content (AvgIpc) is 3.44. The molecular formula is C29H24F2N6O3. The van der Waals surface area contributed by atoms with Crippen LogP contribution in [0.1, 0.15) is 65.8 Å². The first-order valence-electron chi connectivity index (χ1n) is 12.9. The molecule has 1 fully saturated rings. The largest absolute Gasteiger partial charge is 0.434 e. The van der Waals surface area contributed by atoms with Crippen LogP contribution in [-0.4, -0.2) is 54.7 Å². The number of ether oxygens (including phenoxy) is 1. The molecule has 3 aliphatic rings. The van der Waals surface area contributed by atoms with E-state index in [4.69, 9.17) is 9.72 Å². The number of imidazole rings is 1. The highest BCUT2D eigenvalue weighted by Crippen LogP contribution is 2.51. The standard InChI is InChI=1S/C29H24F2N6O3/c1-28(39)12-29(13-28,14-32)26-33-10-16(11-34-26)15-6-7-18-19(8-15)37-20-9-21(24(37)35-18)36(2)25(38)17-4-3-5-22(23(17)20)40-27(30)31/h3-8,10-11,20-21,27,39H,9,12-13H2,1-2H3/t20-,21?,28?,29?/m0/s1. The average molecular weight is 543 g/mol. The predicted molar refractivity (Wildman–Crippen MR) is 139 cm³/mol. The molecule has 7 rings (SSSR count). The van der Waals surface area contributed by atoms with Gasteiger partial charge in [-0.1, -0.05) is 12.1 Å². The summed E-state index contributed by atoms with van der Waals surface area (Å²) in [5.74, 6) is 0.792. The highest BCUT2D eigenvalue weighted by molar-refractivity contribution is 5.98.